The first-order valence-electron chi connectivity index (χ1n) is 4.73. The normalized spacial score (nSPS) is 17.0. The zero-order valence-corrected chi connectivity index (χ0v) is 8.45. The molecule has 0 bridgehead atoms. The molecule has 0 spiro atoms. The lowest BCUT2D eigenvalue weighted by atomic mass is 9.97. The predicted octanol–water partition coefficient (Wildman–Crippen LogP) is 0.702. The topological polar surface area (TPSA) is 81.7 Å². The Kier molecular flexibility index (Phi) is 4.08. The summed E-state index contributed by atoms with van der Waals surface area (Å²) in [7, 11) is 0. The summed E-state index contributed by atoms with van der Waals surface area (Å²) >= 11 is 0. The maximum atomic E-state index is 11.0. The maximum absolute atomic E-state index is 11.0. The Morgan fingerprint density at radius 1 is 1.33 bits per heavy atom. The van der Waals surface area contributed by atoms with Gasteiger partial charge in [-0.1, -0.05) is 0 Å². The van der Waals surface area contributed by atoms with E-state index >= 15 is 0 Å². The summed E-state index contributed by atoms with van der Waals surface area (Å²) in [6.07, 6.45) is 0.873. The first kappa shape index (κ1) is 11.5. The van der Waals surface area contributed by atoms with E-state index < -0.39 is 12.1 Å². The molecule has 1 fully saturated rings. The van der Waals surface area contributed by atoms with Crippen LogP contribution in [0.3, 0.4) is 0 Å². The number of Topliss-reactive ketones (excluding diaryl/α,β-unsaturated/α-hetero) is 1. The van der Waals surface area contributed by atoms with Crippen molar-refractivity contribution in [2.45, 2.75) is 38.7 Å². The Morgan fingerprint density at radius 2 is 1.93 bits per heavy atom. The number of carbonyl (C=O) groups is 3. The second-order valence-corrected chi connectivity index (χ2v) is 3.34. The number of amides is 1. The van der Waals surface area contributed by atoms with Gasteiger partial charge in [-0.2, -0.15) is 0 Å². The van der Waals surface area contributed by atoms with E-state index in [1.807, 2.05) is 5.48 Å². The standard InChI is InChI=1S/C9H13NO5/c1-6(11)15-10-9(13)14-8-4-2-7(12)3-5-8/h8H,2-5H2,1H3,(H,10,13). The number of ketones is 1. The number of nitrogens with one attached hydrogen (secondary N) is 1. The smallest absolute Gasteiger partial charge is 0.440 e. The van der Waals surface area contributed by atoms with Crippen LogP contribution in [-0.4, -0.2) is 23.9 Å². The molecule has 6 heteroatoms. The largest absolute Gasteiger partial charge is 0.444 e. The lowest BCUT2D eigenvalue weighted by Gasteiger charge is -2.20. The third-order valence-electron chi connectivity index (χ3n) is 2.04. The number of hydrogen-bond acceptors (Lipinski definition) is 5. The highest BCUT2D eigenvalue weighted by Crippen LogP contribution is 2.17. The van der Waals surface area contributed by atoms with Gasteiger partial charge in [0, 0.05) is 19.8 Å². The highest BCUT2D eigenvalue weighted by Gasteiger charge is 2.22. The Bertz CT molecular complexity index is 266. The van der Waals surface area contributed by atoms with Gasteiger partial charge in [-0.3, -0.25) is 9.59 Å². The molecule has 0 radical (unpaired) electrons. The van der Waals surface area contributed by atoms with Gasteiger partial charge in [-0.05, 0) is 12.8 Å². The monoisotopic (exact) mass is 215 g/mol. The van der Waals surface area contributed by atoms with Gasteiger partial charge in [0.1, 0.15) is 11.9 Å². The molecule has 0 saturated heterocycles. The van der Waals surface area contributed by atoms with Crippen molar-refractivity contribution in [3.8, 4) is 0 Å². The van der Waals surface area contributed by atoms with E-state index in [1.54, 1.807) is 0 Å². The molecule has 0 aromatic carbocycles. The third-order valence-corrected chi connectivity index (χ3v) is 2.04. The second-order valence-electron chi connectivity index (χ2n) is 3.34. The molecule has 6 nitrogen and oxygen atoms in total. The molecule has 0 heterocycles. The van der Waals surface area contributed by atoms with Crippen LogP contribution in [-0.2, 0) is 19.2 Å². The maximum Gasteiger partial charge on any atom is 0.440 e. The fourth-order valence-corrected chi connectivity index (χ4v) is 1.32. The van der Waals surface area contributed by atoms with Gasteiger partial charge < -0.3 is 9.57 Å². The van der Waals surface area contributed by atoms with Crippen molar-refractivity contribution in [2.24, 2.45) is 0 Å². The van der Waals surface area contributed by atoms with Crippen molar-refractivity contribution in [3.05, 3.63) is 0 Å². The van der Waals surface area contributed by atoms with Gasteiger partial charge >= 0.3 is 12.1 Å². The second kappa shape index (κ2) is 5.33. The van der Waals surface area contributed by atoms with Gasteiger partial charge in [0.2, 0.25) is 0 Å². The van der Waals surface area contributed by atoms with Crippen molar-refractivity contribution in [1.29, 1.82) is 0 Å². The van der Waals surface area contributed by atoms with Crippen molar-refractivity contribution < 1.29 is 24.0 Å². The third kappa shape index (κ3) is 4.44. The molecular formula is C9H13NO5. The van der Waals surface area contributed by atoms with Crippen LogP contribution in [0.15, 0.2) is 0 Å². The van der Waals surface area contributed by atoms with E-state index in [0.29, 0.717) is 25.7 Å². The van der Waals surface area contributed by atoms with Gasteiger partial charge in [-0.25, -0.2) is 4.79 Å². The van der Waals surface area contributed by atoms with E-state index in [2.05, 4.69) is 4.84 Å². The number of hydroxylamine groups is 1. The highest BCUT2D eigenvalue weighted by molar-refractivity contribution is 5.79. The lowest BCUT2D eigenvalue weighted by molar-refractivity contribution is -0.147. The first-order valence-corrected chi connectivity index (χ1v) is 4.73. The molecule has 0 unspecified atom stereocenters. The first-order chi connectivity index (χ1) is 7.08. The van der Waals surface area contributed by atoms with Crippen LogP contribution in [0.1, 0.15) is 32.6 Å². The van der Waals surface area contributed by atoms with Gasteiger partial charge in [0.25, 0.3) is 0 Å². The predicted molar refractivity (Wildman–Crippen MR) is 48.6 cm³/mol. The summed E-state index contributed by atoms with van der Waals surface area (Å²) in [4.78, 5) is 36.5. The molecule has 1 aliphatic rings. The van der Waals surface area contributed by atoms with E-state index in [4.69, 9.17) is 4.74 Å². The van der Waals surface area contributed by atoms with Crippen LogP contribution in [0, 0.1) is 0 Å². The van der Waals surface area contributed by atoms with Crippen LogP contribution < -0.4 is 5.48 Å². The average molecular weight is 215 g/mol. The van der Waals surface area contributed by atoms with Crippen LogP contribution in [0.25, 0.3) is 0 Å². The summed E-state index contributed by atoms with van der Waals surface area (Å²) < 4.78 is 4.91. The minimum Gasteiger partial charge on any atom is -0.444 e. The number of hydrogen-bond donors (Lipinski definition) is 1. The van der Waals surface area contributed by atoms with E-state index in [0.717, 1.165) is 0 Å². The Hall–Kier alpha value is -1.59. The molecular weight excluding hydrogens is 202 g/mol. The molecule has 84 valence electrons. The Morgan fingerprint density at radius 3 is 2.47 bits per heavy atom. The van der Waals surface area contributed by atoms with Crippen LogP contribution in [0.5, 0.6) is 0 Å². The molecule has 1 amide bonds. The minimum atomic E-state index is -0.801. The van der Waals surface area contributed by atoms with Gasteiger partial charge in [0.15, 0.2) is 0 Å². The Labute approximate surface area is 86.9 Å². The number of rotatable bonds is 1. The van der Waals surface area contributed by atoms with Crippen molar-refractivity contribution >= 4 is 17.8 Å². The average Bonchev–Trinajstić information content (AvgIpc) is 2.19. The fraction of sp³-hybridized carbons (Fsp3) is 0.667. The molecule has 0 aromatic rings. The van der Waals surface area contributed by atoms with E-state index in [1.165, 1.54) is 6.92 Å². The lowest BCUT2D eigenvalue weighted by Crippen LogP contribution is -2.32. The minimum absolute atomic E-state index is 0.190. The molecule has 1 N–H and O–H groups in total. The number of carbonyl (C=O) groups excluding carboxylic acids is 3. The summed E-state index contributed by atoms with van der Waals surface area (Å²) in [5.74, 6) is -0.430. The highest BCUT2D eigenvalue weighted by atomic mass is 16.7. The van der Waals surface area contributed by atoms with Crippen molar-refractivity contribution in [3.63, 3.8) is 0 Å². The summed E-state index contributed by atoms with van der Waals surface area (Å²) in [6.45, 7) is 1.17. The molecule has 0 atom stereocenters. The Balaban J connectivity index is 2.20. The summed E-state index contributed by atoms with van der Waals surface area (Å²) in [5.41, 5.74) is 1.84. The van der Waals surface area contributed by atoms with Crippen molar-refractivity contribution in [1.82, 2.24) is 5.48 Å². The van der Waals surface area contributed by atoms with Crippen molar-refractivity contribution in [2.75, 3.05) is 0 Å². The van der Waals surface area contributed by atoms with E-state index in [-0.39, 0.29) is 11.9 Å². The molecule has 0 aliphatic heterocycles. The molecule has 15 heavy (non-hydrogen) atoms. The summed E-state index contributed by atoms with van der Waals surface area (Å²) in [5, 5.41) is 0. The molecule has 1 aliphatic carbocycles. The number of ether oxygens (including phenoxy) is 1. The SMILES string of the molecule is CC(=O)ONC(=O)OC1CCC(=O)CC1. The summed E-state index contributed by atoms with van der Waals surface area (Å²) in [6, 6.07) is 0. The zero-order chi connectivity index (χ0) is 11.3. The fourth-order valence-electron chi connectivity index (χ4n) is 1.32. The molecule has 0 aromatic heterocycles. The zero-order valence-electron chi connectivity index (χ0n) is 8.45. The van der Waals surface area contributed by atoms with Crippen LogP contribution in [0.4, 0.5) is 4.79 Å². The molecule has 1 saturated carbocycles. The van der Waals surface area contributed by atoms with Gasteiger partial charge in [0.05, 0.1) is 0 Å². The van der Waals surface area contributed by atoms with Gasteiger partial charge in [-0.15, -0.1) is 5.48 Å². The van der Waals surface area contributed by atoms with E-state index in [9.17, 15) is 14.4 Å². The molecule has 1 rings (SSSR count). The van der Waals surface area contributed by atoms with Crippen LogP contribution in [0.2, 0.25) is 0 Å². The quantitative estimate of drug-likeness (QED) is 0.651. The van der Waals surface area contributed by atoms with Crippen LogP contribution >= 0.6 is 0 Å².